The molecule has 0 bridgehead atoms. The van der Waals surface area contributed by atoms with E-state index in [1.807, 2.05) is 12.1 Å². The summed E-state index contributed by atoms with van der Waals surface area (Å²) >= 11 is 0. The average Bonchev–Trinajstić information content (AvgIpc) is 3.58. The van der Waals surface area contributed by atoms with Gasteiger partial charge in [-0.15, -0.1) is 0 Å². The van der Waals surface area contributed by atoms with E-state index in [0.29, 0.717) is 0 Å². The largest absolute Gasteiger partial charge is 0.456 e. The lowest BCUT2D eigenvalue weighted by Crippen LogP contribution is -2.10. The fourth-order valence-corrected chi connectivity index (χ4v) is 7.71. The Morgan fingerprint density at radius 2 is 0.920 bits per heavy atom. The van der Waals surface area contributed by atoms with Crippen LogP contribution in [-0.4, -0.2) is 0 Å². The molecule has 9 aromatic carbocycles. The zero-order valence-corrected chi connectivity index (χ0v) is 27.3. The summed E-state index contributed by atoms with van der Waals surface area (Å²) in [6.07, 6.45) is 0. The van der Waals surface area contributed by atoms with Crippen molar-refractivity contribution in [2.75, 3.05) is 4.90 Å². The molecule has 1 aromatic heterocycles. The van der Waals surface area contributed by atoms with E-state index >= 15 is 0 Å². The van der Waals surface area contributed by atoms with Gasteiger partial charge in [0.1, 0.15) is 11.2 Å². The topological polar surface area (TPSA) is 16.4 Å². The summed E-state index contributed by atoms with van der Waals surface area (Å²) in [6, 6.07) is 67.5. The molecule has 0 saturated heterocycles. The first-order valence-corrected chi connectivity index (χ1v) is 17.1. The van der Waals surface area contributed by atoms with Gasteiger partial charge in [-0.3, -0.25) is 0 Å². The van der Waals surface area contributed by atoms with Crippen molar-refractivity contribution >= 4 is 71.3 Å². The lowest BCUT2D eigenvalue weighted by atomic mass is 9.90. The smallest absolute Gasteiger partial charge is 0.137 e. The molecule has 0 atom stereocenters. The van der Waals surface area contributed by atoms with Crippen LogP contribution in [0.25, 0.3) is 76.5 Å². The molecule has 2 heteroatoms. The highest BCUT2D eigenvalue weighted by atomic mass is 16.3. The zero-order chi connectivity index (χ0) is 33.0. The van der Waals surface area contributed by atoms with Gasteiger partial charge in [-0.1, -0.05) is 140 Å². The zero-order valence-electron chi connectivity index (χ0n) is 27.3. The van der Waals surface area contributed by atoms with E-state index in [4.69, 9.17) is 4.42 Å². The molecular weight excluding hydrogens is 607 g/mol. The Morgan fingerprint density at radius 1 is 0.340 bits per heavy atom. The number of hydrogen-bond donors (Lipinski definition) is 0. The first kappa shape index (κ1) is 28.4. The molecule has 2 nitrogen and oxygen atoms in total. The van der Waals surface area contributed by atoms with Crippen LogP contribution in [0.5, 0.6) is 0 Å². The molecule has 0 saturated carbocycles. The Balaban J connectivity index is 1.15. The van der Waals surface area contributed by atoms with Crippen LogP contribution >= 0.6 is 0 Å². The van der Waals surface area contributed by atoms with Crippen LogP contribution < -0.4 is 4.90 Å². The number of fused-ring (bicyclic) bond motifs is 8. The summed E-state index contributed by atoms with van der Waals surface area (Å²) in [6.45, 7) is 0. The molecule has 0 spiro atoms. The minimum atomic E-state index is 0.876. The third-order valence-corrected chi connectivity index (χ3v) is 10.0. The number of furan rings is 1. The van der Waals surface area contributed by atoms with Crippen molar-refractivity contribution < 1.29 is 4.42 Å². The molecule has 0 radical (unpaired) electrons. The van der Waals surface area contributed by atoms with Crippen molar-refractivity contribution in [1.29, 1.82) is 0 Å². The van der Waals surface area contributed by atoms with E-state index in [1.165, 1.54) is 54.6 Å². The van der Waals surface area contributed by atoms with Gasteiger partial charge in [0.2, 0.25) is 0 Å². The minimum Gasteiger partial charge on any atom is -0.456 e. The Labute approximate surface area is 290 Å². The van der Waals surface area contributed by atoms with Crippen molar-refractivity contribution in [3.05, 3.63) is 188 Å². The summed E-state index contributed by atoms with van der Waals surface area (Å²) in [5.74, 6) is 0. The monoisotopic (exact) mass is 637 g/mol. The number of benzene rings is 9. The van der Waals surface area contributed by atoms with Crippen molar-refractivity contribution in [1.82, 2.24) is 0 Å². The van der Waals surface area contributed by atoms with E-state index in [9.17, 15) is 0 Å². The molecule has 0 fully saturated rings. The van der Waals surface area contributed by atoms with Crippen molar-refractivity contribution in [2.45, 2.75) is 0 Å². The highest BCUT2D eigenvalue weighted by Gasteiger charge is 2.20. The lowest BCUT2D eigenvalue weighted by Gasteiger charge is -2.27. The van der Waals surface area contributed by atoms with E-state index < -0.39 is 0 Å². The van der Waals surface area contributed by atoms with Crippen LogP contribution in [0.3, 0.4) is 0 Å². The Morgan fingerprint density at radius 3 is 1.70 bits per heavy atom. The maximum Gasteiger partial charge on any atom is 0.137 e. The van der Waals surface area contributed by atoms with E-state index in [1.54, 1.807) is 0 Å². The predicted molar refractivity (Wildman–Crippen MR) is 212 cm³/mol. The molecule has 0 aliphatic heterocycles. The van der Waals surface area contributed by atoms with Gasteiger partial charge in [0.15, 0.2) is 0 Å². The highest BCUT2D eigenvalue weighted by molar-refractivity contribution is 6.23. The average molecular weight is 638 g/mol. The SMILES string of the molecule is c1ccc(-c2ccc(N(c3ccc(-c4cc5ccc6ccccc6c5c5ccccc45)cc3)c3cccc4oc5ccccc5c34)cc2)cc1. The molecule has 0 amide bonds. The van der Waals surface area contributed by atoms with Crippen LogP contribution in [0, 0.1) is 0 Å². The Bertz CT molecular complexity index is 2850. The molecule has 0 N–H and O–H groups in total. The molecule has 1 heterocycles. The van der Waals surface area contributed by atoms with Gasteiger partial charge in [-0.05, 0) is 103 Å². The molecule has 0 unspecified atom stereocenters. The second-order valence-corrected chi connectivity index (χ2v) is 12.9. The molecule has 10 aromatic rings. The third-order valence-electron chi connectivity index (χ3n) is 10.0. The number of rotatable bonds is 5. The number of para-hydroxylation sites is 1. The summed E-state index contributed by atoms with van der Waals surface area (Å²) in [7, 11) is 0. The van der Waals surface area contributed by atoms with E-state index in [0.717, 1.165) is 39.0 Å². The van der Waals surface area contributed by atoms with E-state index in [2.05, 4.69) is 181 Å². The number of nitrogens with zero attached hydrogens (tertiary/aromatic N) is 1. The molecule has 0 aliphatic carbocycles. The molecule has 50 heavy (non-hydrogen) atoms. The second kappa shape index (κ2) is 11.5. The van der Waals surface area contributed by atoms with Gasteiger partial charge < -0.3 is 9.32 Å². The first-order valence-electron chi connectivity index (χ1n) is 17.1. The maximum atomic E-state index is 6.35. The molecular formula is C48H31NO. The van der Waals surface area contributed by atoms with Crippen molar-refractivity contribution in [3.8, 4) is 22.3 Å². The predicted octanol–water partition coefficient (Wildman–Crippen LogP) is 13.8. The van der Waals surface area contributed by atoms with Gasteiger partial charge in [0.25, 0.3) is 0 Å². The quantitative estimate of drug-likeness (QED) is 0.175. The fourth-order valence-electron chi connectivity index (χ4n) is 7.71. The third kappa shape index (κ3) is 4.57. The van der Waals surface area contributed by atoms with Gasteiger partial charge in [-0.2, -0.15) is 0 Å². The standard InChI is InChI=1S/C48H31NO/c1-2-11-32(12-3-1)33-23-27-37(28-24-33)49(44-18-10-20-46-48(44)42-17-8-9-19-45(42)50-46)38-29-25-35(26-30-38)43-31-36-22-21-34-13-4-5-14-39(34)47(36)41-16-7-6-15-40(41)43/h1-31H. The Kier molecular flexibility index (Phi) is 6.53. The van der Waals surface area contributed by atoms with Crippen LogP contribution in [-0.2, 0) is 0 Å². The fraction of sp³-hybridized carbons (Fsp3) is 0. The number of anilines is 3. The first-order chi connectivity index (χ1) is 24.8. The summed E-state index contributed by atoms with van der Waals surface area (Å²) in [5, 5.41) is 9.86. The van der Waals surface area contributed by atoms with E-state index in [-0.39, 0.29) is 0 Å². The summed E-state index contributed by atoms with van der Waals surface area (Å²) in [4.78, 5) is 2.35. The van der Waals surface area contributed by atoms with Crippen LogP contribution in [0.1, 0.15) is 0 Å². The van der Waals surface area contributed by atoms with Crippen LogP contribution in [0.2, 0.25) is 0 Å². The van der Waals surface area contributed by atoms with Gasteiger partial charge in [-0.25, -0.2) is 0 Å². The minimum absolute atomic E-state index is 0.876. The second-order valence-electron chi connectivity index (χ2n) is 12.9. The van der Waals surface area contributed by atoms with Crippen LogP contribution in [0.15, 0.2) is 192 Å². The van der Waals surface area contributed by atoms with Gasteiger partial charge in [0.05, 0.1) is 11.1 Å². The maximum absolute atomic E-state index is 6.35. The van der Waals surface area contributed by atoms with Gasteiger partial charge >= 0.3 is 0 Å². The van der Waals surface area contributed by atoms with Crippen LogP contribution in [0.4, 0.5) is 17.1 Å². The van der Waals surface area contributed by atoms with Gasteiger partial charge in [0, 0.05) is 16.8 Å². The summed E-state index contributed by atoms with van der Waals surface area (Å²) in [5.41, 5.74) is 9.81. The lowest BCUT2D eigenvalue weighted by molar-refractivity contribution is 0.669. The van der Waals surface area contributed by atoms with Crippen molar-refractivity contribution in [2.24, 2.45) is 0 Å². The number of hydrogen-bond acceptors (Lipinski definition) is 2. The molecule has 234 valence electrons. The van der Waals surface area contributed by atoms with Crippen molar-refractivity contribution in [3.63, 3.8) is 0 Å². The molecule has 10 rings (SSSR count). The normalized spacial score (nSPS) is 11.6. The summed E-state index contributed by atoms with van der Waals surface area (Å²) < 4.78 is 6.35. The molecule has 0 aliphatic rings. The Hall–Kier alpha value is -6.64. The highest BCUT2D eigenvalue weighted by Crippen LogP contribution is 2.44.